The monoisotopic (exact) mass is 1180 g/mol. The molecule has 15 nitrogen and oxygen atoms in total. The van der Waals surface area contributed by atoms with Crippen molar-refractivity contribution in [3.8, 4) is 17.2 Å². The van der Waals surface area contributed by atoms with E-state index in [9.17, 15) is 45.1 Å². The second-order valence-corrected chi connectivity index (χ2v) is 20.2. The summed E-state index contributed by atoms with van der Waals surface area (Å²) in [6, 6.07) is 29.5. The van der Waals surface area contributed by atoms with E-state index in [0.29, 0.717) is 55.5 Å². The normalized spacial score (nSPS) is 20.7. The number of ether oxygens (including phenoxy) is 3. The molecule has 3 aliphatic heterocycles. The van der Waals surface area contributed by atoms with Gasteiger partial charge in [-0.05, 0) is 150 Å². The van der Waals surface area contributed by atoms with Crippen molar-refractivity contribution in [3.05, 3.63) is 193 Å². The zero-order valence-electron chi connectivity index (χ0n) is 45.5. The number of likely N-dealkylation sites (N-methyl/N-ethyl adjacent to an activating group) is 3. The van der Waals surface area contributed by atoms with Crippen molar-refractivity contribution in [2.45, 2.75) is 83.4 Å². The van der Waals surface area contributed by atoms with Gasteiger partial charge in [0.15, 0.2) is 34.5 Å². The highest BCUT2D eigenvalue weighted by molar-refractivity contribution is 6.31. The van der Waals surface area contributed by atoms with Gasteiger partial charge in [-0.1, -0.05) is 65.7 Å². The van der Waals surface area contributed by atoms with Crippen molar-refractivity contribution >= 4 is 58.8 Å². The van der Waals surface area contributed by atoms with Gasteiger partial charge in [-0.25, -0.2) is 32.5 Å². The standard InChI is InChI=1S/C20H19F4N3O2.C19H18ClF2N3O2.C19H19ClFN3O2/c1-11-9-14(7-8-16(11)29-12(2)21)19(17(28)27(3)18(25)26-19)13-5-4-6-15(10-13)20(22,23)24;1-10-6-12(4-5-16(10)27-11(2)21)19(17(26)25(3)18(23)24-19)13-7-14(20)9-15(22)8-13;1-11-9-14(7-8-16(11)26-12(2)21)19(13-5-4-6-15(20)10-13)17(25)24(3)18(22)23-19/h4-10,12H,1-3H3,(H2,25,26);4-9,11H,1-3H3,(H2,23,24);4-10,12H,1-3H3,(H2,22,23). The van der Waals surface area contributed by atoms with Crippen molar-refractivity contribution in [1.82, 2.24) is 14.7 Å². The number of guanidine groups is 3. The van der Waals surface area contributed by atoms with E-state index in [0.717, 1.165) is 23.1 Å². The predicted molar refractivity (Wildman–Crippen MR) is 297 cm³/mol. The first-order valence-corrected chi connectivity index (χ1v) is 25.7. The van der Waals surface area contributed by atoms with Crippen molar-refractivity contribution in [3.63, 3.8) is 0 Å². The fourth-order valence-corrected chi connectivity index (χ4v) is 9.91. The predicted octanol–water partition coefficient (Wildman–Crippen LogP) is 10.6. The van der Waals surface area contributed by atoms with Gasteiger partial charge in [0.2, 0.25) is 19.1 Å². The van der Waals surface area contributed by atoms with Crippen LogP contribution in [0, 0.1) is 26.6 Å². The van der Waals surface area contributed by atoms with Gasteiger partial charge in [0, 0.05) is 52.0 Å². The number of alkyl halides is 6. The van der Waals surface area contributed by atoms with E-state index in [1.165, 1.54) is 87.1 Å². The first-order valence-electron chi connectivity index (χ1n) is 24.9. The van der Waals surface area contributed by atoms with Crippen LogP contribution in [0.4, 0.5) is 30.7 Å². The van der Waals surface area contributed by atoms with Gasteiger partial charge in [0.05, 0.1) is 5.56 Å². The molecular formula is C58H56Cl2F7N9O6. The molecule has 0 spiro atoms. The van der Waals surface area contributed by atoms with Crippen molar-refractivity contribution in [2.75, 3.05) is 21.1 Å². The molecular weight excluding hydrogens is 1120 g/mol. The van der Waals surface area contributed by atoms with E-state index in [1.807, 2.05) is 0 Å². The molecule has 0 radical (unpaired) electrons. The molecule has 24 heteroatoms. The highest BCUT2D eigenvalue weighted by Crippen LogP contribution is 2.45. The molecule has 432 valence electrons. The highest BCUT2D eigenvalue weighted by atomic mass is 35.5. The Kier molecular flexibility index (Phi) is 17.6. The van der Waals surface area contributed by atoms with Crippen LogP contribution in [0.3, 0.4) is 0 Å². The molecule has 0 aliphatic carbocycles. The molecule has 82 heavy (non-hydrogen) atoms. The SMILES string of the molecule is Cc1cc(C2(c3cc(F)cc(Cl)c3)N=C(N)N(C)C2=O)ccc1OC(C)F.Cc1cc(C2(c3cccc(C(F)(F)F)c3)N=C(N)N(C)C2=O)ccc1OC(C)F.Cc1cc(C2(c3cccc(Cl)c3)N=C(N)N(C)C2=O)ccc1OC(C)F. The van der Waals surface area contributed by atoms with E-state index < -0.39 is 65.1 Å². The summed E-state index contributed by atoms with van der Waals surface area (Å²) >= 11 is 12.1. The minimum Gasteiger partial charge on any atom is -0.460 e. The maximum Gasteiger partial charge on any atom is 0.416 e. The molecule has 9 rings (SSSR count). The number of carbonyl (C=O) groups excluding carboxylic acids is 3. The van der Waals surface area contributed by atoms with Crippen LogP contribution in [0.5, 0.6) is 17.2 Å². The van der Waals surface area contributed by atoms with Gasteiger partial charge < -0.3 is 31.4 Å². The number of nitrogens with zero attached hydrogens (tertiary/aromatic N) is 6. The molecule has 0 aromatic heterocycles. The van der Waals surface area contributed by atoms with Gasteiger partial charge in [-0.15, -0.1) is 0 Å². The molecule has 0 saturated carbocycles. The number of aryl methyl sites for hydroxylation is 3. The van der Waals surface area contributed by atoms with Crippen LogP contribution in [-0.4, -0.2) is 90.5 Å². The molecule has 0 saturated heterocycles. The molecule has 3 aliphatic rings. The lowest BCUT2D eigenvalue weighted by molar-refractivity contribution is -0.138. The van der Waals surface area contributed by atoms with E-state index >= 15 is 0 Å². The Hall–Kier alpha value is -8.37. The average Bonchev–Trinajstić information content (AvgIpc) is 3.54. The molecule has 0 fully saturated rings. The fraction of sp³-hybridized carbons (Fsp3) is 0.276. The Labute approximate surface area is 477 Å². The van der Waals surface area contributed by atoms with E-state index in [-0.39, 0.29) is 45.7 Å². The van der Waals surface area contributed by atoms with Crippen LogP contribution in [0.25, 0.3) is 0 Å². The Morgan fingerprint density at radius 3 is 1.11 bits per heavy atom. The summed E-state index contributed by atoms with van der Waals surface area (Å²) < 4.78 is 109. The zero-order valence-corrected chi connectivity index (χ0v) is 47.1. The van der Waals surface area contributed by atoms with E-state index in [4.69, 9.17) is 54.6 Å². The quantitative estimate of drug-likeness (QED) is 0.0996. The molecule has 6 aromatic carbocycles. The lowest BCUT2D eigenvalue weighted by atomic mass is 9.81. The van der Waals surface area contributed by atoms with E-state index in [1.54, 1.807) is 88.5 Å². The summed E-state index contributed by atoms with van der Waals surface area (Å²) in [7, 11) is 4.45. The molecule has 3 heterocycles. The minimum absolute atomic E-state index is 0.00394. The summed E-state index contributed by atoms with van der Waals surface area (Å²) in [5, 5.41) is 0.615. The van der Waals surface area contributed by atoms with Crippen LogP contribution >= 0.6 is 23.2 Å². The molecule has 3 amide bonds. The molecule has 6 aromatic rings. The van der Waals surface area contributed by atoms with Crippen LogP contribution in [0.1, 0.15) is 76.4 Å². The summed E-state index contributed by atoms with van der Waals surface area (Å²) in [4.78, 5) is 56.1. The number of carbonyl (C=O) groups is 3. The van der Waals surface area contributed by atoms with Gasteiger partial charge in [-0.2, -0.15) is 13.2 Å². The second kappa shape index (κ2) is 23.6. The Bertz CT molecular complexity index is 3550. The lowest BCUT2D eigenvalue weighted by Crippen LogP contribution is -2.41. The maximum absolute atomic E-state index is 14.0. The number of hydrogen-bond acceptors (Lipinski definition) is 12. The Morgan fingerprint density at radius 1 is 0.476 bits per heavy atom. The molecule has 6 N–H and O–H groups in total. The number of nitrogens with two attached hydrogens (primary N) is 3. The van der Waals surface area contributed by atoms with Gasteiger partial charge in [0.25, 0.3) is 17.7 Å². The first-order chi connectivity index (χ1) is 38.4. The molecule has 6 unspecified atom stereocenters. The smallest absolute Gasteiger partial charge is 0.416 e. The number of rotatable bonds is 12. The zero-order chi connectivity index (χ0) is 60.6. The summed E-state index contributed by atoms with van der Waals surface area (Å²) in [5.41, 5.74) is 16.0. The van der Waals surface area contributed by atoms with E-state index in [2.05, 4.69) is 15.0 Å². The van der Waals surface area contributed by atoms with Crippen LogP contribution in [0.2, 0.25) is 10.0 Å². The van der Waals surface area contributed by atoms with Crippen molar-refractivity contribution < 1.29 is 59.3 Å². The van der Waals surface area contributed by atoms with Gasteiger partial charge >= 0.3 is 6.18 Å². The third kappa shape index (κ3) is 11.9. The number of halogens is 9. The van der Waals surface area contributed by atoms with Gasteiger partial charge in [-0.3, -0.25) is 29.1 Å². The Balaban J connectivity index is 0.000000177. The lowest BCUT2D eigenvalue weighted by Gasteiger charge is -2.27. The van der Waals surface area contributed by atoms with Crippen LogP contribution < -0.4 is 31.4 Å². The summed E-state index contributed by atoms with van der Waals surface area (Å²) in [5.74, 6) is -0.963. The number of aliphatic imine (C=N–C) groups is 3. The number of benzene rings is 6. The minimum atomic E-state index is -4.59. The third-order valence-electron chi connectivity index (χ3n) is 13.5. The third-order valence-corrected chi connectivity index (χ3v) is 14.0. The second-order valence-electron chi connectivity index (χ2n) is 19.3. The molecule has 6 atom stereocenters. The number of amides is 3. The van der Waals surface area contributed by atoms with Crippen molar-refractivity contribution in [1.29, 1.82) is 0 Å². The largest absolute Gasteiger partial charge is 0.460 e. The van der Waals surface area contributed by atoms with Crippen LogP contribution in [-0.2, 0) is 37.2 Å². The topological polar surface area (TPSA) is 204 Å². The molecule has 0 bridgehead atoms. The Morgan fingerprint density at radius 2 is 0.805 bits per heavy atom. The fourth-order valence-electron chi connectivity index (χ4n) is 9.49. The number of hydrogen-bond donors (Lipinski definition) is 3. The average molecular weight is 1180 g/mol. The summed E-state index contributed by atoms with van der Waals surface area (Å²) in [6.45, 7) is 8.92. The first kappa shape index (κ1) is 61.3. The van der Waals surface area contributed by atoms with Crippen molar-refractivity contribution in [2.24, 2.45) is 32.2 Å². The summed E-state index contributed by atoms with van der Waals surface area (Å²) in [6.07, 6.45) is -9.07. The van der Waals surface area contributed by atoms with Gasteiger partial charge in [0.1, 0.15) is 23.1 Å². The van der Waals surface area contributed by atoms with Crippen LogP contribution in [0.15, 0.2) is 136 Å². The maximum atomic E-state index is 14.0. The highest BCUT2D eigenvalue weighted by Gasteiger charge is 2.53.